The molecule has 1 heterocycles. The van der Waals surface area contributed by atoms with Crippen LogP contribution in [0.2, 0.25) is 0 Å². The van der Waals surface area contributed by atoms with Gasteiger partial charge in [0.2, 0.25) is 11.1 Å². The zero-order valence-corrected chi connectivity index (χ0v) is 7.22. The van der Waals surface area contributed by atoms with Crippen LogP contribution in [0.3, 0.4) is 0 Å². The van der Waals surface area contributed by atoms with Crippen molar-refractivity contribution in [2.75, 3.05) is 0 Å². The Bertz CT molecular complexity index is 516. The molecule has 2 nitrogen and oxygen atoms in total. The molecule has 0 saturated heterocycles. The zero-order valence-electron chi connectivity index (χ0n) is 7.22. The fourth-order valence-corrected chi connectivity index (χ4v) is 1.42. The Morgan fingerprint density at radius 3 is 2.50 bits per heavy atom. The lowest BCUT2D eigenvalue weighted by atomic mass is 10.1. The molecule has 74 valence electrons. The van der Waals surface area contributed by atoms with Crippen molar-refractivity contribution in [2.24, 2.45) is 0 Å². The Labute approximate surface area is 77.2 Å². The number of alkyl halides is 3. The fourth-order valence-electron chi connectivity index (χ4n) is 1.42. The second kappa shape index (κ2) is 2.50. The molecule has 2 rings (SSSR count). The standard InChI is InChI=1S/C9H6F3NO/c1-5-7-3-2-6(9(10,11)12)4-8(7)13(5)14/h2-4H,1H3. The van der Waals surface area contributed by atoms with Gasteiger partial charge in [0.05, 0.1) is 5.56 Å². The van der Waals surface area contributed by atoms with Gasteiger partial charge in [0.25, 0.3) is 0 Å². The molecule has 0 unspecified atom stereocenters. The van der Waals surface area contributed by atoms with Crippen molar-refractivity contribution in [2.45, 2.75) is 13.1 Å². The number of hydrogen-bond donors (Lipinski definition) is 0. The lowest BCUT2D eigenvalue weighted by Gasteiger charge is -2.12. The predicted octanol–water partition coefficient (Wildman–Crippen LogP) is 0.836. The van der Waals surface area contributed by atoms with Crippen LogP contribution in [0.4, 0.5) is 13.2 Å². The number of fused-ring (bicyclic) bond motifs is 1. The highest BCUT2D eigenvalue weighted by Gasteiger charge is 2.32. The van der Waals surface area contributed by atoms with E-state index in [2.05, 4.69) is 0 Å². The van der Waals surface area contributed by atoms with Gasteiger partial charge in [-0.15, -0.1) is 0 Å². The summed E-state index contributed by atoms with van der Waals surface area (Å²) < 4.78 is 37.2. The molecule has 0 atom stereocenters. The molecule has 0 aromatic heterocycles. The molecule has 5 heteroatoms. The fraction of sp³-hybridized carbons (Fsp3) is 0.222. The van der Waals surface area contributed by atoms with Gasteiger partial charge in [-0.2, -0.15) is 17.9 Å². The van der Waals surface area contributed by atoms with Crippen molar-refractivity contribution < 1.29 is 13.2 Å². The molecule has 0 radical (unpaired) electrons. The molecule has 0 bridgehead atoms. The monoisotopic (exact) mass is 201 g/mol. The predicted molar refractivity (Wildman–Crippen MR) is 44.4 cm³/mol. The second-order valence-corrected chi connectivity index (χ2v) is 3.11. The van der Waals surface area contributed by atoms with Gasteiger partial charge in [-0.3, -0.25) is 0 Å². The summed E-state index contributed by atoms with van der Waals surface area (Å²) in [6.45, 7) is 1.57. The van der Waals surface area contributed by atoms with Gasteiger partial charge in [0.15, 0.2) is 0 Å². The van der Waals surface area contributed by atoms with Crippen LogP contribution in [0, 0.1) is 5.21 Å². The summed E-state index contributed by atoms with van der Waals surface area (Å²) in [7, 11) is 0. The van der Waals surface area contributed by atoms with Crippen LogP contribution in [0.15, 0.2) is 18.2 Å². The normalized spacial score (nSPS) is 15.1. The second-order valence-electron chi connectivity index (χ2n) is 3.11. The topological polar surface area (TPSA) is 26.1 Å². The summed E-state index contributed by atoms with van der Waals surface area (Å²) >= 11 is 0. The minimum atomic E-state index is -4.39. The van der Waals surface area contributed by atoms with Gasteiger partial charge in [-0.25, -0.2) is 0 Å². The lowest BCUT2D eigenvalue weighted by molar-refractivity contribution is -0.137. The van der Waals surface area contributed by atoms with E-state index in [1.807, 2.05) is 0 Å². The maximum absolute atomic E-state index is 12.2. The first-order valence-corrected chi connectivity index (χ1v) is 3.93. The first-order chi connectivity index (χ1) is 6.41. The van der Waals surface area contributed by atoms with E-state index in [1.165, 1.54) is 6.07 Å². The van der Waals surface area contributed by atoms with E-state index in [0.717, 1.165) is 12.1 Å². The zero-order chi connectivity index (χ0) is 10.5. The third kappa shape index (κ3) is 1.08. The largest absolute Gasteiger partial charge is 0.618 e. The summed E-state index contributed by atoms with van der Waals surface area (Å²) in [5, 5.41) is 11.7. The van der Waals surface area contributed by atoms with E-state index in [9.17, 15) is 18.4 Å². The maximum Gasteiger partial charge on any atom is 0.416 e. The molecule has 0 fully saturated rings. The van der Waals surface area contributed by atoms with Crippen molar-refractivity contribution in [3.05, 3.63) is 39.5 Å². The van der Waals surface area contributed by atoms with Crippen LogP contribution >= 0.6 is 0 Å². The van der Waals surface area contributed by atoms with Gasteiger partial charge in [-0.1, -0.05) is 0 Å². The van der Waals surface area contributed by atoms with Gasteiger partial charge in [-0.05, 0) is 12.1 Å². The van der Waals surface area contributed by atoms with E-state index in [-0.39, 0.29) is 5.36 Å². The van der Waals surface area contributed by atoms with E-state index in [0.29, 0.717) is 15.7 Å². The smallest absolute Gasteiger partial charge is 0.416 e. The Balaban J connectivity index is 2.66. The average molecular weight is 201 g/mol. The van der Waals surface area contributed by atoms with Gasteiger partial charge >= 0.3 is 6.18 Å². The van der Waals surface area contributed by atoms with Crippen LogP contribution in [0.25, 0.3) is 5.70 Å². The third-order valence-electron chi connectivity index (χ3n) is 2.24. The number of halogens is 3. The minimum Gasteiger partial charge on any atom is -0.618 e. The maximum atomic E-state index is 12.2. The van der Waals surface area contributed by atoms with Crippen molar-refractivity contribution in [1.82, 2.24) is 4.74 Å². The Morgan fingerprint density at radius 2 is 1.93 bits per heavy atom. The van der Waals surface area contributed by atoms with Gasteiger partial charge in [0, 0.05) is 13.0 Å². The van der Waals surface area contributed by atoms with Crippen LogP contribution < -0.4 is 15.3 Å². The molecule has 1 aliphatic heterocycles. The average Bonchev–Trinajstić information content (AvgIpc) is 2.14. The molecule has 1 aliphatic rings. The van der Waals surface area contributed by atoms with E-state index in [1.54, 1.807) is 6.92 Å². The SMILES string of the molecule is CC1=c2ccc(C(F)(F)F)cc2=[N+]1[O-]. The quantitative estimate of drug-likeness (QED) is 0.451. The van der Waals surface area contributed by atoms with E-state index in [4.69, 9.17) is 0 Å². The number of hydroxylamine groups is 1. The molecule has 0 aliphatic carbocycles. The molecule has 1 aromatic carbocycles. The highest BCUT2D eigenvalue weighted by molar-refractivity contribution is 5.48. The molecule has 0 spiro atoms. The number of hydrogen-bond acceptors (Lipinski definition) is 1. The summed E-state index contributed by atoms with van der Waals surface area (Å²) in [5.41, 5.74) is -0.335. The molecule has 0 N–H and O–H groups in total. The van der Waals surface area contributed by atoms with E-state index >= 15 is 0 Å². The van der Waals surface area contributed by atoms with Crippen LogP contribution in [-0.2, 0) is 6.18 Å². The molecular weight excluding hydrogens is 195 g/mol. The third-order valence-corrected chi connectivity index (χ3v) is 2.24. The van der Waals surface area contributed by atoms with Gasteiger partial charge < -0.3 is 5.21 Å². The molecule has 14 heavy (non-hydrogen) atoms. The number of nitrogens with zero attached hydrogens (tertiary/aromatic N) is 1. The van der Waals surface area contributed by atoms with E-state index < -0.39 is 11.7 Å². The minimum absolute atomic E-state index is 0.0947. The Morgan fingerprint density at radius 1 is 1.29 bits per heavy atom. The summed E-state index contributed by atoms with van der Waals surface area (Å²) in [6.07, 6.45) is -4.39. The van der Waals surface area contributed by atoms with Crippen LogP contribution in [0.1, 0.15) is 12.5 Å². The highest BCUT2D eigenvalue weighted by Crippen LogP contribution is 2.27. The van der Waals surface area contributed by atoms with Crippen molar-refractivity contribution >= 4 is 5.70 Å². The molecule has 0 saturated carbocycles. The van der Waals surface area contributed by atoms with Gasteiger partial charge in [0.1, 0.15) is 5.22 Å². The Kier molecular flexibility index (Phi) is 1.61. The molecule has 0 amide bonds. The number of rotatable bonds is 0. The first kappa shape index (κ1) is 9.05. The van der Waals surface area contributed by atoms with Crippen molar-refractivity contribution in [3.8, 4) is 0 Å². The molecule has 1 aromatic rings. The summed E-state index contributed by atoms with van der Waals surface area (Å²) in [4.78, 5) is 0. The first-order valence-electron chi connectivity index (χ1n) is 3.93. The van der Waals surface area contributed by atoms with Crippen LogP contribution in [-0.4, -0.2) is 0 Å². The molecular formula is C9H6F3NO. The summed E-state index contributed by atoms with van der Waals surface area (Å²) in [6, 6.07) is 3.17. The summed E-state index contributed by atoms with van der Waals surface area (Å²) in [5.74, 6) is 0. The van der Waals surface area contributed by atoms with Crippen molar-refractivity contribution in [1.29, 1.82) is 0 Å². The Hall–Kier alpha value is -1.52. The number of benzene rings is 1. The van der Waals surface area contributed by atoms with Crippen molar-refractivity contribution in [3.63, 3.8) is 0 Å². The van der Waals surface area contributed by atoms with Crippen LogP contribution in [0.5, 0.6) is 0 Å². The lowest BCUT2D eigenvalue weighted by Crippen LogP contribution is -2.48. The highest BCUT2D eigenvalue weighted by atomic mass is 19.4.